The molecule has 0 aliphatic heterocycles. The van der Waals surface area contributed by atoms with E-state index < -0.39 is 0 Å². The molecule has 7 nitrogen and oxygen atoms in total. The number of furan rings is 1. The largest absolute Gasteiger partial charge is 0.467 e. The molecule has 0 fully saturated rings. The zero-order chi connectivity index (χ0) is 18.6. The zero-order valence-electron chi connectivity index (χ0n) is 15.7. The van der Waals surface area contributed by atoms with Gasteiger partial charge in [-0.3, -0.25) is 9.79 Å². The van der Waals surface area contributed by atoms with Crippen LogP contribution in [0.2, 0.25) is 0 Å². The first-order chi connectivity index (χ1) is 12.7. The normalized spacial score (nSPS) is 10.8. The maximum atomic E-state index is 12.3. The van der Waals surface area contributed by atoms with Gasteiger partial charge >= 0.3 is 0 Å². The van der Waals surface area contributed by atoms with Crippen molar-refractivity contribution in [3.05, 3.63) is 59.5 Å². The summed E-state index contributed by atoms with van der Waals surface area (Å²) < 4.78 is 10.2. The molecule has 0 aliphatic rings. The molecule has 1 heterocycles. The van der Waals surface area contributed by atoms with Gasteiger partial charge in [-0.1, -0.05) is 12.1 Å². The first-order valence-corrected chi connectivity index (χ1v) is 8.56. The first kappa shape index (κ1) is 23.0. The van der Waals surface area contributed by atoms with E-state index in [-0.39, 0.29) is 29.9 Å². The van der Waals surface area contributed by atoms with Crippen LogP contribution in [0.4, 0.5) is 0 Å². The molecule has 0 unspecified atom stereocenters. The van der Waals surface area contributed by atoms with E-state index in [1.54, 1.807) is 32.6 Å². The van der Waals surface area contributed by atoms with E-state index in [4.69, 9.17) is 9.15 Å². The molecule has 27 heavy (non-hydrogen) atoms. The number of nitrogens with zero attached hydrogens (tertiary/aromatic N) is 1. The van der Waals surface area contributed by atoms with Gasteiger partial charge in [0.2, 0.25) is 0 Å². The van der Waals surface area contributed by atoms with Gasteiger partial charge in [-0.05, 0) is 36.2 Å². The minimum absolute atomic E-state index is 0. The molecule has 2 aromatic rings. The summed E-state index contributed by atoms with van der Waals surface area (Å²) in [6.07, 6.45) is 2.49. The molecule has 0 bridgehead atoms. The Morgan fingerprint density at radius 2 is 2.00 bits per heavy atom. The van der Waals surface area contributed by atoms with E-state index in [9.17, 15) is 4.79 Å². The number of hydrogen-bond donors (Lipinski definition) is 3. The SMILES string of the molecule is CN=C(NCCCOC)NCc1cccc(C(=O)NCc2ccco2)c1.I. The van der Waals surface area contributed by atoms with E-state index >= 15 is 0 Å². The fourth-order valence-electron chi connectivity index (χ4n) is 2.33. The van der Waals surface area contributed by atoms with Gasteiger partial charge in [-0.2, -0.15) is 0 Å². The second kappa shape index (κ2) is 13.2. The van der Waals surface area contributed by atoms with Gasteiger partial charge in [0, 0.05) is 39.4 Å². The lowest BCUT2D eigenvalue weighted by Gasteiger charge is -2.12. The van der Waals surface area contributed by atoms with Crippen molar-refractivity contribution in [2.24, 2.45) is 4.99 Å². The van der Waals surface area contributed by atoms with Crippen LogP contribution in [0.5, 0.6) is 0 Å². The summed E-state index contributed by atoms with van der Waals surface area (Å²) in [6.45, 7) is 2.43. The van der Waals surface area contributed by atoms with Crippen molar-refractivity contribution in [2.75, 3.05) is 27.3 Å². The molecule has 1 aromatic heterocycles. The van der Waals surface area contributed by atoms with E-state index in [0.717, 1.165) is 24.3 Å². The average Bonchev–Trinajstić information content (AvgIpc) is 3.19. The number of rotatable bonds is 9. The number of amides is 1. The average molecular weight is 486 g/mol. The number of halogens is 1. The lowest BCUT2D eigenvalue weighted by molar-refractivity contribution is 0.0948. The highest BCUT2D eigenvalue weighted by molar-refractivity contribution is 14.0. The maximum Gasteiger partial charge on any atom is 0.251 e. The molecular formula is C19H27IN4O3. The molecule has 1 amide bonds. The summed E-state index contributed by atoms with van der Waals surface area (Å²) in [7, 11) is 3.41. The summed E-state index contributed by atoms with van der Waals surface area (Å²) in [5.74, 6) is 1.30. The number of benzene rings is 1. The third kappa shape index (κ3) is 8.44. The Morgan fingerprint density at radius 1 is 1.15 bits per heavy atom. The molecular weight excluding hydrogens is 459 g/mol. The Balaban J connectivity index is 0.00000364. The third-order valence-corrected chi connectivity index (χ3v) is 3.69. The number of ether oxygens (including phenoxy) is 1. The Bertz CT molecular complexity index is 705. The van der Waals surface area contributed by atoms with Crippen LogP contribution < -0.4 is 16.0 Å². The standard InChI is InChI=1S/C19H26N4O3.HI/c1-20-19(21-9-5-10-25-2)23-13-15-6-3-7-16(12-15)18(24)22-14-17-8-4-11-26-17;/h3-4,6-8,11-12H,5,9-10,13-14H2,1-2H3,(H,22,24)(H2,20,21,23);1H. The summed E-state index contributed by atoms with van der Waals surface area (Å²) >= 11 is 0. The molecule has 148 valence electrons. The Hall–Kier alpha value is -2.07. The summed E-state index contributed by atoms with van der Waals surface area (Å²) in [5, 5.41) is 9.29. The van der Waals surface area contributed by atoms with Crippen LogP contribution in [0.1, 0.15) is 28.1 Å². The van der Waals surface area contributed by atoms with Crippen LogP contribution in [0.15, 0.2) is 52.1 Å². The maximum absolute atomic E-state index is 12.3. The van der Waals surface area contributed by atoms with Crippen molar-refractivity contribution in [1.82, 2.24) is 16.0 Å². The van der Waals surface area contributed by atoms with Gasteiger partial charge in [-0.15, -0.1) is 24.0 Å². The lowest BCUT2D eigenvalue weighted by atomic mass is 10.1. The lowest BCUT2D eigenvalue weighted by Crippen LogP contribution is -2.37. The number of guanidine groups is 1. The van der Waals surface area contributed by atoms with Crippen molar-refractivity contribution >= 4 is 35.8 Å². The molecule has 0 radical (unpaired) electrons. The number of carbonyl (C=O) groups excluding carboxylic acids is 1. The van der Waals surface area contributed by atoms with Crippen molar-refractivity contribution in [1.29, 1.82) is 0 Å². The van der Waals surface area contributed by atoms with Crippen LogP contribution in [-0.4, -0.2) is 39.2 Å². The number of hydrogen-bond acceptors (Lipinski definition) is 4. The van der Waals surface area contributed by atoms with Crippen LogP contribution in [0.3, 0.4) is 0 Å². The predicted octanol–water partition coefficient (Wildman–Crippen LogP) is 2.53. The van der Waals surface area contributed by atoms with Crippen LogP contribution in [-0.2, 0) is 17.8 Å². The van der Waals surface area contributed by atoms with E-state index in [1.165, 1.54) is 0 Å². The molecule has 0 saturated heterocycles. The van der Waals surface area contributed by atoms with E-state index in [0.29, 0.717) is 31.2 Å². The topological polar surface area (TPSA) is 87.9 Å². The quantitative estimate of drug-likeness (QED) is 0.220. The molecule has 0 spiro atoms. The van der Waals surface area contributed by atoms with Crippen LogP contribution in [0.25, 0.3) is 0 Å². The molecule has 0 saturated carbocycles. The minimum Gasteiger partial charge on any atom is -0.467 e. The second-order valence-corrected chi connectivity index (χ2v) is 5.66. The van der Waals surface area contributed by atoms with Gasteiger partial charge in [0.05, 0.1) is 12.8 Å². The molecule has 2 rings (SSSR count). The highest BCUT2D eigenvalue weighted by atomic mass is 127. The molecule has 3 N–H and O–H groups in total. The van der Waals surface area contributed by atoms with E-state index in [2.05, 4.69) is 20.9 Å². The van der Waals surface area contributed by atoms with Gasteiger partial charge in [0.25, 0.3) is 5.91 Å². The van der Waals surface area contributed by atoms with Gasteiger partial charge in [0.1, 0.15) is 5.76 Å². The molecule has 8 heteroatoms. The second-order valence-electron chi connectivity index (χ2n) is 5.66. The molecule has 1 aromatic carbocycles. The van der Waals surface area contributed by atoms with Crippen molar-refractivity contribution in [3.8, 4) is 0 Å². The van der Waals surface area contributed by atoms with Crippen molar-refractivity contribution < 1.29 is 13.9 Å². The number of methoxy groups -OCH3 is 1. The highest BCUT2D eigenvalue weighted by Gasteiger charge is 2.07. The summed E-state index contributed by atoms with van der Waals surface area (Å²) in [4.78, 5) is 16.4. The summed E-state index contributed by atoms with van der Waals surface area (Å²) in [6, 6.07) is 11.1. The van der Waals surface area contributed by atoms with E-state index in [1.807, 2.05) is 24.3 Å². The predicted molar refractivity (Wildman–Crippen MR) is 116 cm³/mol. The highest BCUT2D eigenvalue weighted by Crippen LogP contribution is 2.06. The molecule has 0 aliphatic carbocycles. The van der Waals surface area contributed by atoms with Gasteiger partial charge in [-0.25, -0.2) is 0 Å². The zero-order valence-corrected chi connectivity index (χ0v) is 18.0. The van der Waals surface area contributed by atoms with Crippen molar-refractivity contribution in [3.63, 3.8) is 0 Å². The van der Waals surface area contributed by atoms with Crippen LogP contribution >= 0.6 is 24.0 Å². The number of carbonyl (C=O) groups is 1. The fourth-order valence-corrected chi connectivity index (χ4v) is 2.33. The Kier molecular flexibility index (Phi) is 11.2. The number of nitrogens with one attached hydrogen (secondary N) is 3. The smallest absolute Gasteiger partial charge is 0.251 e. The Labute approximate surface area is 177 Å². The monoisotopic (exact) mass is 486 g/mol. The fraction of sp³-hybridized carbons (Fsp3) is 0.368. The number of aliphatic imine (C=N–C) groups is 1. The first-order valence-electron chi connectivity index (χ1n) is 8.56. The van der Waals surface area contributed by atoms with Gasteiger partial charge < -0.3 is 25.1 Å². The summed E-state index contributed by atoms with van der Waals surface area (Å²) in [5.41, 5.74) is 1.61. The molecule has 0 atom stereocenters. The van der Waals surface area contributed by atoms with Crippen LogP contribution in [0, 0.1) is 0 Å². The van der Waals surface area contributed by atoms with Crippen molar-refractivity contribution in [2.45, 2.75) is 19.5 Å². The minimum atomic E-state index is -0.134. The third-order valence-electron chi connectivity index (χ3n) is 3.69. The Morgan fingerprint density at radius 3 is 2.70 bits per heavy atom. The van der Waals surface area contributed by atoms with Gasteiger partial charge in [0.15, 0.2) is 5.96 Å².